The van der Waals surface area contributed by atoms with Gasteiger partial charge in [-0.25, -0.2) is 0 Å². The van der Waals surface area contributed by atoms with E-state index in [2.05, 4.69) is 4.98 Å². The molecule has 0 aliphatic rings. The van der Waals surface area contributed by atoms with E-state index < -0.39 is 11.9 Å². The van der Waals surface area contributed by atoms with Crippen LogP contribution in [0.15, 0.2) is 24.3 Å². The second kappa shape index (κ2) is 3.18. The van der Waals surface area contributed by atoms with Gasteiger partial charge in [0, 0.05) is 17.0 Å². The number of methoxy groups -OCH3 is 1. The molecule has 5 heteroatoms. The maximum absolute atomic E-state index is 12.3. The van der Waals surface area contributed by atoms with Crippen LogP contribution in [0.3, 0.4) is 0 Å². The summed E-state index contributed by atoms with van der Waals surface area (Å²) >= 11 is 0. The number of hydrogen-bond acceptors (Lipinski definition) is 1. The zero-order valence-corrected chi connectivity index (χ0v) is 7.85. The van der Waals surface area contributed by atoms with E-state index >= 15 is 0 Å². The highest BCUT2D eigenvalue weighted by Crippen LogP contribution is 2.32. The molecule has 0 atom stereocenters. The average molecular weight is 215 g/mol. The summed E-state index contributed by atoms with van der Waals surface area (Å²) in [5.74, 6) is 0.526. The minimum atomic E-state index is -4.34. The fourth-order valence-corrected chi connectivity index (χ4v) is 1.39. The molecule has 0 aliphatic carbocycles. The average Bonchev–Trinajstić information content (AvgIpc) is 2.59. The summed E-state index contributed by atoms with van der Waals surface area (Å²) in [6.45, 7) is 0. The van der Waals surface area contributed by atoms with Crippen molar-refractivity contribution in [2.45, 2.75) is 6.18 Å². The largest absolute Gasteiger partial charge is 0.497 e. The summed E-state index contributed by atoms with van der Waals surface area (Å²) in [6.07, 6.45) is -4.34. The molecule has 0 amide bonds. The van der Waals surface area contributed by atoms with Gasteiger partial charge >= 0.3 is 6.18 Å². The quantitative estimate of drug-likeness (QED) is 0.776. The Morgan fingerprint density at radius 2 is 1.93 bits per heavy atom. The van der Waals surface area contributed by atoms with Gasteiger partial charge in [0.05, 0.1) is 7.11 Å². The molecule has 1 aromatic heterocycles. The summed E-state index contributed by atoms with van der Waals surface area (Å²) in [4.78, 5) is 2.31. The number of nitrogens with one attached hydrogen (secondary N) is 1. The van der Waals surface area contributed by atoms with Crippen LogP contribution in [0.4, 0.5) is 13.2 Å². The molecule has 0 spiro atoms. The minimum absolute atomic E-state index is 0.418. The van der Waals surface area contributed by atoms with Gasteiger partial charge in [-0.05, 0) is 18.2 Å². The molecule has 0 aliphatic heterocycles. The van der Waals surface area contributed by atoms with Gasteiger partial charge < -0.3 is 9.72 Å². The van der Waals surface area contributed by atoms with E-state index in [1.54, 1.807) is 12.1 Å². The van der Waals surface area contributed by atoms with E-state index in [9.17, 15) is 13.2 Å². The molecule has 0 fully saturated rings. The first-order chi connectivity index (χ1) is 7.00. The van der Waals surface area contributed by atoms with Gasteiger partial charge in [0.2, 0.25) is 0 Å². The van der Waals surface area contributed by atoms with Crippen LogP contribution in [0.5, 0.6) is 5.75 Å². The number of alkyl halides is 3. The molecular formula is C10H8F3NO. The Morgan fingerprint density at radius 1 is 1.20 bits per heavy atom. The second-order valence-electron chi connectivity index (χ2n) is 3.13. The number of halogens is 3. The standard InChI is InChI=1S/C10H8F3NO/c1-15-7-3-2-6-4-9(10(11,12)13)14-8(6)5-7/h2-5,14H,1H3. The monoisotopic (exact) mass is 215 g/mol. The Morgan fingerprint density at radius 3 is 2.53 bits per heavy atom. The van der Waals surface area contributed by atoms with Crippen molar-refractivity contribution < 1.29 is 17.9 Å². The number of rotatable bonds is 1. The van der Waals surface area contributed by atoms with Crippen molar-refractivity contribution >= 4 is 10.9 Å². The van der Waals surface area contributed by atoms with Crippen molar-refractivity contribution in [3.05, 3.63) is 30.0 Å². The van der Waals surface area contributed by atoms with E-state index in [4.69, 9.17) is 4.74 Å². The Kier molecular flexibility index (Phi) is 2.10. The van der Waals surface area contributed by atoms with E-state index in [0.717, 1.165) is 6.07 Å². The molecular weight excluding hydrogens is 207 g/mol. The molecule has 1 aromatic carbocycles. The van der Waals surface area contributed by atoms with Crippen molar-refractivity contribution in [1.82, 2.24) is 4.98 Å². The Balaban J connectivity index is 2.56. The molecule has 0 radical (unpaired) electrons. The number of hydrogen-bond donors (Lipinski definition) is 1. The molecule has 0 bridgehead atoms. The van der Waals surface area contributed by atoms with Gasteiger partial charge in [0.1, 0.15) is 11.4 Å². The van der Waals surface area contributed by atoms with Gasteiger partial charge in [-0.1, -0.05) is 0 Å². The van der Waals surface area contributed by atoms with Gasteiger partial charge in [-0.15, -0.1) is 0 Å². The Labute approximate surface area is 83.7 Å². The predicted molar refractivity (Wildman–Crippen MR) is 49.9 cm³/mol. The maximum atomic E-state index is 12.3. The molecule has 80 valence electrons. The lowest BCUT2D eigenvalue weighted by Crippen LogP contribution is -2.04. The molecule has 2 nitrogen and oxygen atoms in total. The third-order valence-corrected chi connectivity index (χ3v) is 2.14. The van der Waals surface area contributed by atoms with Crippen molar-refractivity contribution in [2.75, 3.05) is 7.11 Å². The smallest absolute Gasteiger partial charge is 0.431 e. The zero-order chi connectivity index (χ0) is 11.1. The minimum Gasteiger partial charge on any atom is -0.497 e. The molecule has 2 aromatic rings. The summed E-state index contributed by atoms with van der Waals surface area (Å²) in [6, 6.07) is 5.82. The van der Waals surface area contributed by atoms with Crippen molar-refractivity contribution in [1.29, 1.82) is 0 Å². The normalized spacial score (nSPS) is 12.0. The first-order valence-corrected chi connectivity index (χ1v) is 4.24. The van der Waals surface area contributed by atoms with Crippen molar-refractivity contribution in [2.24, 2.45) is 0 Å². The Hall–Kier alpha value is -1.65. The number of H-pyrrole nitrogens is 1. The lowest BCUT2D eigenvalue weighted by atomic mass is 10.2. The van der Waals surface area contributed by atoms with Crippen LogP contribution >= 0.6 is 0 Å². The molecule has 2 rings (SSSR count). The predicted octanol–water partition coefficient (Wildman–Crippen LogP) is 3.20. The van der Waals surface area contributed by atoms with Crippen LogP contribution in [0.1, 0.15) is 5.69 Å². The third-order valence-electron chi connectivity index (χ3n) is 2.14. The highest BCUT2D eigenvalue weighted by Gasteiger charge is 2.32. The molecule has 0 unspecified atom stereocenters. The van der Waals surface area contributed by atoms with Crippen LogP contribution in [0.2, 0.25) is 0 Å². The van der Waals surface area contributed by atoms with Gasteiger partial charge in [-0.2, -0.15) is 13.2 Å². The van der Waals surface area contributed by atoms with E-state index in [0.29, 0.717) is 16.7 Å². The highest BCUT2D eigenvalue weighted by atomic mass is 19.4. The van der Waals surface area contributed by atoms with Crippen LogP contribution in [0.25, 0.3) is 10.9 Å². The van der Waals surface area contributed by atoms with Crippen LogP contribution in [-0.2, 0) is 6.18 Å². The fourth-order valence-electron chi connectivity index (χ4n) is 1.39. The summed E-state index contributed by atoms with van der Waals surface area (Å²) in [7, 11) is 1.47. The van der Waals surface area contributed by atoms with Crippen molar-refractivity contribution in [3.63, 3.8) is 0 Å². The third kappa shape index (κ3) is 1.77. The summed E-state index contributed by atoms with van der Waals surface area (Å²) in [5, 5.41) is 0.517. The molecule has 0 saturated heterocycles. The summed E-state index contributed by atoms with van der Waals surface area (Å²) in [5.41, 5.74) is -0.326. The number of aromatic amines is 1. The zero-order valence-electron chi connectivity index (χ0n) is 7.85. The molecule has 1 heterocycles. The number of aromatic nitrogens is 1. The van der Waals surface area contributed by atoms with Gasteiger partial charge in [0.25, 0.3) is 0 Å². The second-order valence-corrected chi connectivity index (χ2v) is 3.13. The molecule has 15 heavy (non-hydrogen) atoms. The first kappa shape index (κ1) is 9.89. The fraction of sp³-hybridized carbons (Fsp3) is 0.200. The molecule has 0 saturated carbocycles. The van der Waals surface area contributed by atoms with Crippen LogP contribution in [0, 0.1) is 0 Å². The SMILES string of the molecule is COc1ccc2cc(C(F)(F)F)[nH]c2c1. The number of fused-ring (bicyclic) bond motifs is 1. The van der Waals surface area contributed by atoms with E-state index in [-0.39, 0.29) is 0 Å². The van der Waals surface area contributed by atoms with Gasteiger partial charge in [0.15, 0.2) is 0 Å². The first-order valence-electron chi connectivity index (χ1n) is 4.24. The van der Waals surface area contributed by atoms with Crippen molar-refractivity contribution in [3.8, 4) is 5.75 Å². The lowest BCUT2D eigenvalue weighted by Gasteiger charge is -2.01. The van der Waals surface area contributed by atoms with E-state index in [1.165, 1.54) is 13.2 Å². The van der Waals surface area contributed by atoms with Crippen LogP contribution < -0.4 is 4.74 Å². The Bertz CT molecular complexity index is 487. The van der Waals surface area contributed by atoms with E-state index in [1.807, 2.05) is 0 Å². The summed E-state index contributed by atoms with van der Waals surface area (Å²) < 4.78 is 42.0. The number of ether oxygens (including phenoxy) is 1. The van der Waals surface area contributed by atoms with Gasteiger partial charge in [-0.3, -0.25) is 0 Å². The maximum Gasteiger partial charge on any atom is 0.431 e. The topological polar surface area (TPSA) is 25.0 Å². The lowest BCUT2D eigenvalue weighted by molar-refractivity contribution is -0.140. The van der Waals surface area contributed by atoms with Crippen LogP contribution in [-0.4, -0.2) is 12.1 Å². The highest BCUT2D eigenvalue weighted by molar-refractivity contribution is 5.82. The molecule has 1 N–H and O–H groups in total. The number of benzene rings is 1.